The Morgan fingerprint density at radius 2 is 1.62 bits per heavy atom. The number of carbonyl (C=O) groups is 1. The molecule has 1 aromatic heterocycles. The smallest absolute Gasteiger partial charge is 0.337 e. The van der Waals surface area contributed by atoms with Crippen molar-refractivity contribution in [3.63, 3.8) is 0 Å². The summed E-state index contributed by atoms with van der Waals surface area (Å²) in [6.45, 7) is 1.62. The SMILES string of the molecule is COC(=O)c1ccc(CN(c2c(C)n(C)n(-c3ccccc3)c2=O)S(=O)(=O)N(C)C)cc1. The average Bonchev–Trinajstić information content (AvgIpc) is 3.00. The summed E-state index contributed by atoms with van der Waals surface area (Å²) in [6.07, 6.45) is 0. The Kier molecular flexibility index (Phi) is 6.56. The van der Waals surface area contributed by atoms with Crippen molar-refractivity contribution in [2.75, 3.05) is 25.5 Å². The molecule has 0 spiro atoms. The zero-order valence-corrected chi connectivity index (χ0v) is 19.5. The molecular formula is C22H26N4O5S. The lowest BCUT2D eigenvalue weighted by atomic mass is 10.1. The molecule has 0 fully saturated rings. The molecule has 0 aliphatic heterocycles. The van der Waals surface area contributed by atoms with Gasteiger partial charge >= 0.3 is 16.2 Å². The number of anilines is 1. The molecule has 0 radical (unpaired) electrons. The predicted octanol–water partition coefficient (Wildman–Crippen LogP) is 2.08. The number of esters is 1. The first-order chi connectivity index (χ1) is 15.1. The number of para-hydroxylation sites is 1. The fraction of sp³-hybridized carbons (Fsp3) is 0.273. The van der Waals surface area contributed by atoms with Crippen molar-refractivity contribution in [1.29, 1.82) is 0 Å². The van der Waals surface area contributed by atoms with E-state index in [2.05, 4.69) is 0 Å². The number of rotatable bonds is 7. The molecule has 0 atom stereocenters. The van der Waals surface area contributed by atoms with Crippen molar-refractivity contribution in [2.45, 2.75) is 13.5 Å². The van der Waals surface area contributed by atoms with Gasteiger partial charge in [-0.1, -0.05) is 30.3 Å². The molecule has 0 aliphatic carbocycles. The molecule has 9 nitrogen and oxygen atoms in total. The minimum Gasteiger partial charge on any atom is -0.465 e. The van der Waals surface area contributed by atoms with Crippen LogP contribution in [0.15, 0.2) is 59.4 Å². The number of benzene rings is 2. The van der Waals surface area contributed by atoms with Crippen molar-refractivity contribution < 1.29 is 17.9 Å². The van der Waals surface area contributed by atoms with Crippen LogP contribution in [0.2, 0.25) is 0 Å². The van der Waals surface area contributed by atoms with Crippen LogP contribution in [0.4, 0.5) is 5.69 Å². The van der Waals surface area contributed by atoms with Gasteiger partial charge in [0.2, 0.25) is 0 Å². The molecule has 0 saturated heterocycles. The van der Waals surface area contributed by atoms with E-state index in [1.165, 1.54) is 25.9 Å². The molecule has 0 N–H and O–H groups in total. The lowest BCUT2D eigenvalue weighted by molar-refractivity contribution is 0.0600. The highest BCUT2D eigenvalue weighted by Crippen LogP contribution is 2.24. The van der Waals surface area contributed by atoms with Crippen LogP contribution in [0.25, 0.3) is 5.69 Å². The standard InChI is InChI=1S/C22H26N4O5S/c1-16-20(21(27)26(24(16)4)19-9-7-6-8-10-19)25(32(29,30)23(2)3)15-17-11-13-18(14-12-17)22(28)31-5/h6-14H,15H2,1-5H3. The van der Waals surface area contributed by atoms with Crippen molar-refractivity contribution in [2.24, 2.45) is 7.05 Å². The highest BCUT2D eigenvalue weighted by Gasteiger charge is 2.32. The number of hydrogen-bond donors (Lipinski definition) is 0. The second kappa shape index (κ2) is 9.01. The van der Waals surface area contributed by atoms with Gasteiger partial charge in [-0.05, 0) is 36.8 Å². The minimum atomic E-state index is -4.00. The van der Waals surface area contributed by atoms with Crippen molar-refractivity contribution >= 4 is 21.9 Å². The van der Waals surface area contributed by atoms with Gasteiger partial charge in [0.15, 0.2) is 0 Å². The van der Waals surface area contributed by atoms with Crippen LogP contribution >= 0.6 is 0 Å². The molecule has 0 amide bonds. The third-order valence-electron chi connectivity index (χ3n) is 5.21. The molecule has 3 rings (SSSR count). The fourth-order valence-corrected chi connectivity index (χ4v) is 4.49. The molecule has 0 unspecified atom stereocenters. The van der Waals surface area contributed by atoms with Crippen LogP contribution < -0.4 is 9.86 Å². The summed E-state index contributed by atoms with van der Waals surface area (Å²) in [5, 5.41) is 0. The average molecular weight is 459 g/mol. The Hall–Kier alpha value is -3.37. The Balaban J connectivity index is 2.14. The number of aromatic nitrogens is 2. The molecule has 0 bridgehead atoms. The fourth-order valence-electron chi connectivity index (χ4n) is 3.34. The number of carbonyl (C=O) groups excluding carboxylic acids is 1. The summed E-state index contributed by atoms with van der Waals surface area (Å²) in [4.78, 5) is 25.1. The number of nitrogens with zero attached hydrogens (tertiary/aromatic N) is 4. The second-order valence-electron chi connectivity index (χ2n) is 7.40. The lowest BCUT2D eigenvalue weighted by Crippen LogP contribution is -2.42. The van der Waals surface area contributed by atoms with E-state index in [1.54, 1.807) is 67.2 Å². The molecule has 0 saturated carbocycles. The predicted molar refractivity (Wildman–Crippen MR) is 122 cm³/mol. The van der Waals surface area contributed by atoms with Gasteiger partial charge in [-0.25, -0.2) is 13.8 Å². The largest absolute Gasteiger partial charge is 0.465 e. The van der Waals surface area contributed by atoms with E-state index in [1.807, 2.05) is 6.07 Å². The maximum absolute atomic E-state index is 13.5. The summed E-state index contributed by atoms with van der Waals surface area (Å²) in [7, 11) is 1.82. The maximum Gasteiger partial charge on any atom is 0.337 e. The van der Waals surface area contributed by atoms with Gasteiger partial charge in [-0.2, -0.15) is 12.7 Å². The molecule has 3 aromatic rings. The van der Waals surface area contributed by atoms with Crippen LogP contribution in [-0.2, 0) is 28.5 Å². The third kappa shape index (κ3) is 4.19. The van der Waals surface area contributed by atoms with Gasteiger partial charge in [0.1, 0.15) is 5.69 Å². The third-order valence-corrected chi connectivity index (χ3v) is 7.01. The monoisotopic (exact) mass is 458 g/mol. The van der Waals surface area contributed by atoms with E-state index in [0.29, 0.717) is 22.5 Å². The first-order valence-electron chi connectivity index (χ1n) is 9.81. The lowest BCUT2D eigenvalue weighted by Gasteiger charge is -2.26. The van der Waals surface area contributed by atoms with E-state index in [0.717, 1.165) is 8.61 Å². The van der Waals surface area contributed by atoms with Gasteiger partial charge in [-0.3, -0.25) is 9.48 Å². The summed E-state index contributed by atoms with van der Waals surface area (Å²) in [5.74, 6) is -0.487. The van der Waals surface area contributed by atoms with Crippen LogP contribution in [0, 0.1) is 6.92 Å². The Morgan fingerprint density at radius 1 is 1.03 bits per heavy atom. The normalized spacial score (nSPS) is 11.6. The van der Waals surface area contributed by atoms with Crippen LogP contribution in [-0.4, -0.2) is 49.3 Å². The molecular weight excluding hydrogens is 432 g/mol. The molecule has 170 valence electrons. The van der Waals surface area contributed by atoms with Gasteiger partial charge < -0.3 is 4.74 Å². The molecule has 10 heteroatoms. The van der Waals surface area contributed by atoms with Crippen molar-refractivity contribution in [1.82, 2.24) is 13.7 Å². The van der Waals surface area contributed by atoms with E-state index in [9.17, 15) is 18.0 Å². The van der Waals surface area contributed by atoms with Crippen LogP contribution in [0.5, 0.6) is 0 Å². The molecule has 1 heterocycles. The van der Waals surface area contributed by atoms with Crippen molar-refractivity contribution in [3.8, 4) is 5.69 Å². The maximum atomic E-state index is 13.5. The van der Waals surface area contributed by atoms with Crippen LogP contribution in [0.1, 0.15) is 21.6 Å². The number of ether oxygens (including phenoxy) is 1. The molecule has 0 aliphatic rings. The van der Waals surface area contributed by atoms with Gasteiger partial charge in [-0.15, -0.1) is 0 Å². The highest BCUT2D eigenvalue weighted by molar-refractivity contribution is 7.90. The van der Waals surface area contributed by atoms with Gasteiger partial charge in [0.05, 0.1) is 30.6 Å². The summed E-state index contributed by atoms with van der Waals surface area (Å²) < 4.78 is 36.4. The zero-order chi connectivity index (χ0) is 23.6. The summed E-state index contributed by atoms with van der Waals surface area (Å²) in [6, 6.07) is 15.4. The molecule has 2 aromatic carbocycles. The Labute approximate surface area is 187 Å². The minimum absolute atomic E-state index is 0.0575. The van der Waals surface area contributed by atoms with E-state index < -0.39 is 21.7 Å². The topological polar surface area (TPSA) is 93.8 Å². The highest BCUT2D eigenvalue weighted by atomic mass is 32.2. The quantitative estimate of drug-likeness (QED) is 0.506. The zero-order valence-electron chi connectivity index (χ0n) is 18.6. The number of hydrogen-bond acceptors (Lipinski definition) is 5. The Morgan fingerprint density at radius 3 is 2.16 bits per heavy atom. The summed E-state index contributed by atoms with van der Waals surface area (Å²) in [5.41, 5.74) is 1.68. The molecule has 32 heavy (non-hydrogen) atoms. The van der Waals surface area contributed by atoms with E-state index >= 15 is 0 Å². The number of methoxy groups -OCH3 is 1. The first kappa shape index (κ1) is 23.3. The van der Waals surface area contributed by atoms with Crippen molar-refractivity contribution in [3.05, 3.63) is 81.8 Å². The first-order valence-corrected chi connectivity index (χ1v) is 11.2. The van der Waals surface area contributed by atoms with Gasteiger partial charge in [0.25, 0.3) is 5.56 Å². The Bertz CT molecular complexity index is 1280. The second-order valence-corrected chi connectivity index (χ2v) is 9.46. The van der Waals surface area contributed by atoms with E-state index in [4.69, 9.17) is 4.74 Å². The summed E-state index contributed by atoms with van der Waals surface area (Å²) >= 11 is 0. The van der Waals surface area contributed by atoms with Gasteiger partial charge in [0, 0.05) is 21.1 Å². The van der Waals surface area contributed by atoms with E-state index in [-0.39, 0.29) is 12.2 Å². The van der Waals surface area contributed by atoms with Crippen LogP contribution in [0.3, 0.4) is 0 Å².